The molecule has 0 unspecified atom stereocenters. The van der Waals surface area contributed by atoms with Gasteiger partial charge in [-0.15, -0.1) is 0 Å². The Bertz CT molecular complexity index is 1300. The van der Waals surface area contributed by atoms with E-state index in [9.17, 15) is 24.0 Å². The first-order valence-corrected chi connectivity index (χ1v) is 11.4. The van der Waals surface area contributed by atoms with E-state index < -0.39 is 35.2 Å². The summed E-state index contributed by atoms with van der Waals surface area (Å²) in [6, 6.07) is 10.6. The van der Waals surface area contributed by atoms with Crippen LogP contribution in [0.25, 0.3) is 0 Å². The zero-order valence-electron chi connectivity index (χ0n) is 18.5. The number of thiophene rings is 1. The topological polar surface area (TPSA) is 142 Å². The van der Waals surface area contributed by atoms with Gasteiger partial charge in [0.1, 0.15) is 11.4 Å². The summed E-state index contributed by atoms with van der Waals surface area (Å²) >= 11 is 1.38. The fourth-order valence-corrected chi connectivity index (χ4v) is 3.88. The Balaban J connectivity index is 1.69. The molecule has 11 heteroatoms. The van der Waals surface area contributed by atoms with Crippen LogP contribution in [-0.4, -0.2) is 39.9 Å². The van der Waals surface area contributed by atoms with Crippen LogP contribution in [0.4, 0.5) is 5.82 Å². The molecule has 10 nitrogen and oxygen atoms in total. The summed E-state index contributed by atoms with van der Waals surface area (Å²) < 4.78 is 7.03. The number of carbonyl (C=O) groups is 3. The maximum absolute atomic E-state index is 12.8. The highest BCUT2D eigenvalue weighted by Gasteiger charge is 2.23. The van der Waals surface area contributed by atoms with Crippen LogP contribution in [-0.2, 0) is 22.6 Å². The molecule has 0 fully saturated rings. The van der Waals surface area contributed by atoms with Crippen molar-refractivity contribution in [2.24, 2.45) is 0 Å². The number of nitrogens with one attached hydrogen (secondary N) is 1. The van der Waals surface area contributed by atoms with Gasteiger partial charge in [-0.1, -0.05) is 30.3 Å². The molecule has 0 aliphatic carbocycles. The van der Waals surface area contributed by atoms with Gasteiger partial charge in [-0.2, -0.15) is 11.3 Å². The van der Waals surface area contributed by atoms with Crippen molar-refractivity contribution in [1.82, 2.24) is 14.5 Å². The second kappa shape index (κ2) is 11.2. The zero-order chi connectivity index (χ0) is 24.7. The van der Waals surface area contributed by atoms with Gasteiger partial charge in [-0.3, -0.25) is 28.3 Å². The number of rotatable bonds is 10. The summed E-state index contributed by atoms with van der Waals surface area (Å²) in [4.78, 5) is 62.2. The summed E-state index contributed by atoms with van der Waals surface area (Å²) in [5, 5.41) is 6.01. The zero-order valence-corrected chi connectivity index (χ0v) is 19.3. The molecule has 0 spiro atoms. The van der Waals surface area contributed by atoms with Crippen molar-refractivity contribution in [1.29, 1.82) is 0 Å². The van der Waals surface area contributed by atoms with Gasteiger partial charge >= 0.3 is 11.7 Å². The van der Waals surface area contributed by atoms with E-state index in [1.807, 2.05) is 6.07 Å². The third-order valence-electron chi connectivity index (χ3n) is 5.01. The van der Waals surface area contributed by atoms with Gasteiger partial charge in [-0.05, 0) is 23.9 Å². The third-order valence-corrected chi connectivity index (χ3v) is 5.69. The van der Waals surface area contributed by atoms with Crippen LogP contribution in [0.2, 0.25) is 0 Å². The third kappa shape index (κ3) is 5.67. The Kier molecular flexibility index (Phi) is 8.14. The number of Topliss-reactive ketones (excluding diaryl/α,β-unsaturated/α-hetero) is 1. The molecule has 0 saturated carbocycles. The van der Waals surface area contributed by atoms with Gasteiger partial charge in [-0.25, -0.2) is 4.79 Å². The minimum atomic E-state index is -0.835. The Labute approximate surface area is 198 Å². The predicted octanol–water partition coefficient (Wildman–Crippen LogP) is 1.27. The molecule has 178 valence electrons. The molecule has 34 heavy (non-hydrogen) atoms. The monoisotopic (exact) mass is 484 g/mol. The molecular formula is C23H24N4O6S. The van der Waals surface area contributed by atoms with Gasteiger partial charge in [0.15, 0.2) is 6.61 Å². The van der Waals surface area contributed by atoms with E-state index in [2.05, 4.69) is 5.32 Å². The van der Waals surface area contributed by atoms with Crippen LogP contribution >= 0.6 is 11.3 Å². The molecule has 0 saturated heterocycles. The number of ketones is 1. The minimum absolute atomic E-state index is 0.0223. The number of ether oxygens (including phenoxy) is 1. The lowest BCUT2D eigenvalue weighted by molar-refractivity contribution is -0.142. The predicted molar refractivity (Wildman–Crippen MR) is 127 cm³/mol. The molecule has 0 aliphatic heterocycles. The number of nitrogen functional groups attached to an aromatic ring is 1. The van der Waals surface area contributed by atoms with Crippen molar-refractivity contribution in [2.45, 2.75) is 26.4 Å². The lowest BCUT2D eigenvalue weighted by Gasteiger charge is -2.16. The molecular weight excluding hydrogens is 460 g/mol. The lowest BCUT2D eigenvalue weighted by Crippen LogP contribution is -2.44. The van der Waals surface area contributed by atoms with Gasteiger partial charge in [0.2, 0.25) is 5.78 Å². The molecule has 1 amide bonds. The summed E-state index contributed by atoms with van der Waals surface area (Å²) in [5.74, 6) is -2.15. The number of esters is 1. The van der Waals surface area contributed by atoms with Gasteiger partial charge in [0.25, 0.3) is 11.5 Å². The van der Waals surface area contributed by atoms with Gasteiger partial charge < -0.3 is 15.8 Å². The number of carbonyl (C=O) groups excluding carboxylic acids is 3. The number of aromatic nitrogens is 2. The highest BCUT2D eigenvalue weighted by molar-refractivity contribution is 7.08. The number of anilines is 1. The molecule has 0 atom stereocenters. The van der Waals surface area contributed by atoms with Crippen molar-refractivity contribution < 1.29 is 19.1 Å². The van der Waals surface area contributed by atoms with E-state index >= 15 is 0 Å². The molecule has 3 rings (SSSR count). The summed E-state index contributed by atoms with van der Waals surface area (Å²) in [6.45, 7) is 1.01. The maximum atomic E-state index is 12.8. The number of nitrogens with two attached hydrogens (primary N) is 1. The second-order valence-electron chi connectivity index (χ2n) is 7.27. The van der Waals surface area contributed by atoms with Crippen molar-refractivity contribution in [3.63, 3.8) is 0 Å². The number of amides is 1. The highest BCUT2D eigenvalue weighted by Crippen LogP contribution is 2.10. The first-order chi connectivity index (χ1) is 16.3. The smallest absolute Gasteiger partial charge is 0.332 e. The SMILES string of the molecule is CCn1c(=O)c(C(=O)COC(=O)CCNC(=O)c2ccsc2)c(N)n(Cc2ccccc2)c1=O. The van der Waals surface area contributed by atoms with Gasteiger partial charge in [0.05, 0.1) is 13.0 Å². The van der Waals surface area contributed by atoms with Crippen LogP contribution in [0.15, 0.2) is 56.7 Å². The average Bonchev–Trinajstić information content (AvgIpc) is 3.37. The molecule has 2 aromatic heterocycles. The van der Waals surface area contributed by atoms with Crippen LogP contribution in [0.1, 0.15) is 39.6 Å². The fourth-order valence-electron chi connectivity index (χ4n) is 3.24. The highest BCUT2D eigenvalue weighted by atomic mass is 32.1. The van der Waals surface area contributed by atoms with Crippen molar-refractivity contribution in [3.05, 3.63) is 84.7 Å². The molecule has 1 aromatic carbocycles. The number of nitrogens with zero attached hydrogens (tertiary/aromatic N) is 2. The lowest BCUT2D eigenvalue weighted by atomic mass is 10.2. The quantitative estimate of drug-likeness (QED) is 0.326. The van der Waals surface area contributed by atoms with Crippen LogP contribution in [0, 0.1) is 0 Å². The average molecular weight is 485 g/mol. The van der Waals surface area contributed by atoms with E-state index in [0.29, 0.717) is 5.56 Å². The van der Waals surface area contributed by atoms with Crippen LogP contribution in [0.5, 0.6) is 0 Å². The Hall–Kier alpha value is -3.99. The molecule has 0 bridgehead atoms. The number of hydrogen-bond acceptors (Lipinski definition) is 8. The standard InChI is InChI=1S/C23H24N4O6S/c1-2-26-22(31)19(20(24)27(23(26)32)12-15-6-4-3-5-7-15)17(28)13-33-18(29)8-10-25-21(30)16-9-11-34-14-16/h3-7,9,11,14H,2,8,10,12-13,24H2,1H3,(H,25,30). The summed E-state index contributed by atoms with van der Waals surface area (Å²) in [6.07, 6.45) is -0.161. The summed E-state index contributed by atoms with van der Waals surface area (Å²) in [5.41, 5.74) is 5.43. The normalized spacial score (nSPS) is 10.6. The Morgan fingerprint density at radius 1 is 1.09 bits per heavy atom. The van der Waals surface area contributed by atoms with Crippen LogP contribution in [0.3, 0.4) is 0 Å². The van der Waals surface area contributed by atoms with Crippen molar-refractivity contribution in [2.75, 3.05) is 18.9 Å². The molecule has 0 radical (unpaired) electrons. The van der Waals surface area contributed by atoms with E-state index in [1.165, 1.54) is 11.3 Å². The molecule has 2 heterocycles. The van der Waals surface area contributed by atoms with E-state index in [4.69, 9.17) is 10.5 Å². The Morgan fingerprint density at radius 3 is 2.47 bits per heavy atom. The number of hydrogen-bond donors (Lipinski definition) is 2. The van der Waals surface area contributed by atoms with Crippen molar-refractivity contribution in [3.8, 4) is 0 Å². The first-order valence-electron chi connectivity index (χ1n) is 10.5. The van der Waals surface area contributed by atoms with Crippen molar-refractivity contribution >= 4 is 34.8 Å². The largest absolute Gasteiger partial charge is 0.457 e. The number of benzene rings is 1. The summed E-state index contributed by atoms with van der Waals surface area (Å²) in [7, 11) is 0. The first kappa shape index (κ1) is 24.6. The van der Waals surface area contributed by atoms with Crippen LogP contribution < -0.4 is 22.3 Å². The molecule has 3 aromatic rings. The molecule has 3 N–H and O–H groups in total. The van der Waals surface area contributed by atoms with E-state index in [1.54, 1.807) is 48.0 Å². The fraction of sp³-hybridized carbons (Fsp3) is 0.261. The maximum Gasteiger partial charge on any atom is 0.332 e. The molecule has 0 aliphatic rings. The minimum Gasteiger partial charge on any atom is -0.457 e. The second-order valence-corrected chi connectivity index (χ2v) is 8.05. The Morgan fingerprint density at radius 2 is 1.82 bits per heavy atom. The van der Waals surface area contributed by atoms with Gasteiger partial charge in [0, 0.05) is 24.0 Å². The van der Waals surface area contributed by atoms with E-state index in [-0.39, 0.29) is 37.8 Å². The van der Waals surface area contributed by atoms with E-state index in [0.717, 1.165) is 14.7 Å².